The third-order valence-electron chi connectivity index (χ3n) is 2.65. The molecule has 0 heterocycles. The van der Waals surface area contributed by atoms with Crippen LogP contribution >= 0.6 is 0 Å². The Labute approximate surface area is 117 Å². The molecular formula is C13H19N3O4. The van der Waals surface area contributed by atoms with Gasteiger partial charge in [-0.1, -0.05) is 0 Å². The van der Waals surface area contributed by atoms with Crippen LogP contribution in [0.1, 0.15) is 13.8 Å². The van der Waals surface area contributed by atoms with Gasteiger partial charge in [0, 0.05) is 31.9 Å². The van der Waals surface area contributed by atoms with Gasteiger partial charge in [-0.25, -0.2) is 0 Å². The van der Waals surface area contributed by atoms with Crippen molar-refractivity contribution in [2.45, 2.75) is 19.9 Å². The fourth-order valence-electron chi connectivity index (χ4n) is 1.72. The molecule has 0 aliphatic carbocycles. The van der Waals surface area contributed by atoms with Gasteiger partial charge in [-0.15, -0.1) is 0 Å². The van der Waals surface area contributed by atoms with Crippen molar-refractivity contribution in [2.75, 3.05) is 26.0 Å². The normalized spacial score (nSPS) is 11.6. The number of hydrogen-bond donors (Lipinski definition) is 1. The number of amides is 1. The molecule has 0 fully saturated rings. The number of carbonyl (C=O) groups is 1. The van der Waals surface area contributed by atoms with Crippen molar-refractivity contribution in [1.29, 1.82) is 0 Å². The molecule has 1 rings (SSSR count). The third kappa shape index (κ3) is 3.84. The number of likely N-dealkylation sites (N-methyl/N-ethyl adjacent to an activating group) is 1. The summed E-state index contributed by atoms with van der Waals surface area (Å²) in [7, 11) is 3.34. The molecule has 1 amide bonds. The fourth-order valence-corrected chi connectivity index (χ4v) is 1.72. The zero-order chi connectivity index (χ0) is 15.3. The topological polar surface area (TPSA) is 84.7 Å². The van der Waals surface area contributed by atoms with Gasteiger partial charge in [0.2, 0.25) is 5.91 Å². The predicted octanol–water partition coefficient (Wildman–Crippen LogP) is 1.88. The van der Waals surface area contributed by atoms with Gasteiger partial charge in [-0.05, 0) is 19.9 Å². The van der Waals surface area contributed by atoms with Crippen molar-refractivity contribution in [3.63, 3.8) is 0 Å². The van der Waals surface area contributed by atoms with Gasteiger partial charge >= 0.3 is 5.69 Å². The number of ether oxygens (including phenoxy) is 1. The molecule has 0 bridgehead atoms. The lowest BCUT2D eigenvalue weighted by molar-refractivity contribution is -0.385. The van der Waals surface area contributed by atoms with E-state index >= 15 is 0 Å². The van der Waals surface area contributed by atoms with Crippen LogP contribution in [-0.4, -0.2) is 42.5 Å². The minimum Gasteiger partial charge on any atom is -0.487 e. The molecule has 0 aliphatic heterocycles. The molecule has 7 heteroatoms. The van der Waals surface area contributed by atoms with Gasteiger partial charge in [0.15, 0.2) is 5.75 Å². The van der Waals surface area contributed by atoms with Gasteiger partial charge in [0.25, 0.3) is 0 Å². The highest BCUT2D eigenvalue weighted by atomic mass is 16.6. The summed E-state index contributed by atoms with van der Waals surface area (Å²) in [4.78, 5) is 23.6. The van der Waals surface area contributed by atoms with Crippen molar-refractivity contribution >= 4 is 17.3 Å². The molecule has 0 aliphatic rings. The molecule has 1 N–H and O–H groups in total. The summed E-state index contributed by atoms with van der Waals surface area (Å²) in [5.41, 5.74) is 0.505. The molecule has 20 heavy (non-hydrogen) atoms. The van der Waals surface area contributed by atoms with Crippen LogP contribution in [0.4, 0.5) is 11.4 Å². The first-order valence-electron chi connectivity index (χ1n) is 6.25. The van der Waals surface area contributed by atoms with Crippen molar-refractivity contribution < 1.29 is 14.5 Å². The highest BCUT2D eigenvalue weighted by Gasteiger charge is 2.18. The monoisotopic (exact) mass is 281 g/mol. The van der Waals surface area contributed by atoms with Crippen LogP contribution in [0, 0.1) is 10.1 Å². The number of anilines is 1. The van der Waals surface area contributed by atoms with E-state index in [4.69, 9.17) is 4.74 Å². The van der Waals surface area contributed by atoms with E-state index < -0.39 is 11.0 Å². The van der Waals surface area contributed by atoms with Gasteiger partial charge in [-0.2, -0.15) is 0 Å². The van der Waals surface area contributed by atoms with Gasteiger partial charge in [0.05, 0.1) is 11.5 Å². The van der Waals surface area contributed by atoms with E-state index in [9.17, 15) is 14.9 Å². The van der Waals surface area contributed by atoms with E-state index in [1.54, 1.807) is 34.0 Å². The van der Waals surface area contributed by atoms with Crippen LogP contribution in [-0.2, 0) is 4.79 Å². The summed E-state index contributed by atoms with van der Waals surface area (Å²) in [6.45, 7) is 3.81. The lowest BCUT2D eigenvalue weighted by Gasteiger charge is -2.19. The maximum Gasteiger partial charge on any atom is 0.311 e. The Morgan fingerprint density at radius 2 is 2.15 bits per heavy atom. The summed E-state index contributed by atoms with van der Waals surface area (Å²) >= 11 is 0. The lowest BCUT2D eigenvalue weighted by Crippen LogP contribution is -2.36. The third-order valence-corrected chi connectivity index (χ3v) is 2.65. The smallest absolute Gasteiger partial charge is 0.311 e. The van der Waals surface area contributed by atoms with Crippen LogP contribution in [0.15, 0.2) is 18.2 Å². The summed E-state index contributed by atoms with van der Waals surface area (Å²) < 4.78 is 5.25. The Bertz CT molecular complexity index is 502. The van der Waals surface area contributed by atoms with E-state index in [-0.39, 0.29) is 17.3 Å². The number of nitrogens with one attached hydrogen (secondary N) is 1. The number of nitrogens with zero attached hydrogens (tertiary/aromatic N) is 2. The predicted molar refractivity (Wildman–Crippen MR) is 76.0 cm³/mol. The van der Waals surface area contributed by atoms with Crippen LogP contribution in [0.2, 0.25) is 0 Å². The van der Waals surface area contributed by atoms with Crippen molar-refractivity contribution in [1.82, 2.24) is 4.90 Å². The highest BCUT2D eigenvalue weighted by molar-refractivity contribution is 5.84. The molecular weight excluding hydrogens is 262 g/mol. The zero-order valence-corrected chi connectivity index (χ0v) is 12.0. The standard InChI is InChI=1S/C13H19N3O4/c1-5-20-12-8-10(6-7-11(12)16(18)19)14-9(2)13(17)15(3)4/h6-9,14H,5H2,1-4H3/t9-/m0/s1. The van der Waals surface area contributed by atoms with E-state index in [0.717, 1.165) is 0 Å². The molecule has 0 saturated heterocycles. The Morgan fingerprint density at radius 3 is 2.65 bits per heavy atom. The SMILES string of the molecule is CCOc1cc(N[C@@H](C)C(=O)N(C)C)ccc1[N+](=O)[O-]. The molecule has 0 saturated carbocycles. The Morgan fingerprint density at radius 1 is 1.50 bits per heavy atom. The molecule has 110 valence electrons. The first-order chi connectivity index (χ1) is 9.36. The molecule has 1 atom stereocenters. The Kier molecular flexibility index (Phi) is 5.31. The van der Waals surface area contributed by atoms with E-state index in [1.807, 2.05) is 0 Å². The fraction of sp³-hybridized carbons (Fsp3) is 0.462. The molecule has 0 unspecified atom stereocenters. The minimum absolute atomic E-state index is 0.0821. The first kappa shape index (κ1) is 15.7. The van der Waals surface area contributed by atoms with Crippen LogP contribution in [0.3, 0.4) is 0 Å². The molecule has 0 spiro atoms. The molecule has 7 nitrogen and oxygen atoms in total. The van der Waals surface area contributed by atoms with Crippen molar-refractivity contribution in [3.05, 3.63) is 28.3 Å². The second kappa shape index (κ2) is 6.74. The minimum atomic E-state index is -0.497. The van der Waals surface area contributed by atoms with Crippen molar-refractivity contribution in [2.24, 2.45) is 0 Å². The summed E-state index contributed by atoms with van der Waals surface area (Å²) in [6.07, 6.45) is 0. The average Bonchev–Trinajstić information content (AvgIpc) is 2.37. The van der Waals surface area contributed by atoms with E-state index in [0.29, 0.717) is 12.3 Å². The summed E-state index contributed by atoms with van der Waals surface area (Å²) in [6, 6.07) is 4.02. The van der Waals surface area contributed by atoms with Gasteiger partial charge < -0.3 is 15.0 Å². The quantitative estimate of drug-likeness (QED) is 0.635. The number of nitro benzene ring substituents is 1. The van der Waals surface area contributed by atoms with E-state index in [2.05, 4.69) is 5.32 Å². The highest BCUT2D eigenvalue weighted by Crippen LogP contribution is 2.30. The number of carbonyl (C=O) groups excluding carboxylic acids is 1. The second-order valence-electron chi connectivity index (χ2n) is 4.47. The zero-order valence-electron chi connectivity index (χ0n) is 12.0. The molecule has 0 radical (unpaired) electrons. The largest absolute Gasteiger partial charge is 0.487 e. The van der Waals surface area contributed by atoms with E-state index in [1.165, 1.54) is 17.0 Å². The van der Waals surface area contributed by atoms with Gasteiger partial charge in [0.1, 0.15) is 6.04 Å². The van der Waals surface area contributed by atoms with Crippen molar-refractivity contribution in [3.8, 4) is 5.75 Å². The number of hydrogen-bond acceptors (Lipinski definition) is 5. The maximum absolute atomic E-state index is 11.8. The Hall–Kier alpha value is -2.31. The second-order valence-corrected chi connectivity index (χ2v) is 4.47. The molecule has 0 aromatic heterocycles. The number of rotatable bonds is 6. The average molecular weight is 281 g/mol. The number of nitro groups is 1. The van der Waals surface area contributed by atoms with Crippen LogP contribution < -0.4 is 10.1 Å². The van der Waals surface area contributed by atoms with Crippen LogP contribution in [0.5, 0.6) is 5.75 Å². The molecule has 1 aromatic carbocycles. The number of benzene rings is 1. The van der Waals surface area contributed by atoms with Gasteiger partial charge in [-0.3, -0.25) is 14.9 Å². The molecule has 1 aromatic rings. The Balaban J connectivity index is 2.94. The summed E-state index contributed by atoms with van der Waals surface area (Å²) in [5, 5.41) is 13.9. The summed E-state index contributed by atoms with van der Waals surface area (Å²) in [5.74, 6) is 0.105. The first-order valence-corrected chi connectivity index (χ1v) is 6.25. The lowest BCUT2D eigenvalue weighted by atomic mass is 10.2. The van der Waals surface area contributed by atoms with Crippen LogP contribution in [0.25, 0.3) is 0 Å². The maximum atomic E-state index is 11.8.